The number of amides is 1. The van der Waals surface area contributed by atoms with Gasteiger partial charge < -0.3 is 14.8 Å². The van der Waals surface area contributed by atoms with Crippen LogP contribution in [-0.2, 0) is 5.60 Å². The summed E-state index contributed by atoms with van der Waals surface area (Å²) in [6, 6.07) is 5.30. The maximum atomic E-state index is 11.9. The zero-order chi connectivity index (χ0) is 14.0. The van der Waals surface area contributed by atoms with Crippen LogP contribution in [0.15, 0.2) is 32.5 Å². The lowest BCUT2D eigenvalue weighted by Crippen LogP contribution is -2.38. The quantitative estimate of drug-likeness (QED) is 0.896. The molecule has 0 aliphatic rings. The van der Waals surface area contributed by atoms with Crippen molar-refractivity contribution >= 4 is 33.2 Å². The van der Waals surface area contributed by atoms with Gasteiger partial charge in [-0.05, 0) is 53.4 Å². The molecule has 0 aliphatic carbocycles. The summed E-state index contributed by atoms with van der Waals surface area (Å²) in [6.45, 7) is 3.50. The first-order chi connectivity index (χ1) is 8.90. The van der Waals surface area contributed by atoms with Crippen molar-refractivity contribution in [3.63, 3.8) is 0 Å². The molecule has 0 spiro atoms. The second kappa shape index (κ2) is 5.48. The first-order valence-corrected chi connectivity index (χ1v) is 7.38. The van der Waals surface area contributed by atoms with Gasteiger partial charge in [0.2, 0.25) is 0 Å². The predicted molar refractivity (Wildman–Crippen MR) is 77.4 cm³/mol. The van der Waals surface area contributed by atoms with Crippen molar-refractivity contribution in [1.29, 1.82) is 0 Å². The maximum Gasteiger partial charge on any atom is 0.262 e. The summed E-state index contributed by atoms with van der Waals surface area (Å²) in [4.78, 5) is 12.5. The van der Waals surface area contributed by atoms with Gasteiger partial charge in [-0.25, -0.2) is 0 Å². The Morgan fingerprint density at radius 3 is 2.79 bits per heavy atom. The fourth-order valence-corrected chi connectivity index (χ4v) is 3.07. The van der Waals surface area contributed by atoms with E-state index in [2.05, 4.69) is 21.2 Å². The van der Waals surface area contributed by atoms with Crippen LogP contribution in [-0.4, -0.2) is 17.6 Å². The van der Waals surface area contributed by atoms with Gasteiger partial charge in [0.1, 0.15) is 22.0 Å². The molecule has 0 fully saturated rings. The summed E-state index contributed by atoms with van der Waals surface area (Å²) < 4.78 is 6.14. The molecule has 2 aromatic rings. The van der Waals surface area contributed by atoms with Crippen molar-refractivity contribution in [3.8, 4) is 0 Å². The van der Waals surface area contributed by atoms with Gasteiger partial charge in [-0.2, -0.15) is 0 Å². The molecule has 2 heterocycles. The molecule has 0 saturated heterocycles. The van der Waals surface area contributed by atoms with E-state index in [1.807, 2.05) is 11.4 Å². The summed E-state index contributed by atoms with van der Waals surface area (Å²) in [7, 11) is 0. The third kappa shape index (κ3) is 3.26. The van der Waals surface area contributed by atoms with Gasteiger partial charge in [0.15, 0.2) is 0 Å². The average Bonchev–Trinajstić information content (AvgIpc) is 2.95. The lowest BCUT2D eigenvalue weighted by molar-refractivity contribution is 0.0324. The molecule has 6 heteroatoms. The summed E-state index contributed by atoms with van der Waals surface area (Å²) in [6.07, 6.45) is 0. The second-order valence-electron chi connectivity index (χ2n) is 4.46. The highest BCUT2D eigenvalue weighted by Crippen LogP contribution is 2.24. The highest BCUT2D eigenvalue weighted by molar-refractivity contribution is 9.10. The molecule has 0 aliphatic heterocycles. The minimum absolute atomic E-state index is 0.0864. The normalized spacial score (nSPS) is 14.1. The Labute approximate surface area is 123 Å². The summed E-state index contributed by atoms with van der Waals surface area (Å²) in [5, 5.41) is 14.8. The molecule has 102 valence electrons. The number of carbonyl (C=O) groups excluding carboxylic acids is 1. The van der Waals surface area contributed by atoms with E-state index in [0.717, 1.165) is 10.2 Å². The molecule has 2 N–H and O–H groups in total. The number of furan rings is 1. The highest BCUT2D eigenvalue weighted by atomic mass is 79.9. The van der Waals surface area contributed by atoms with Crippen molar-refractivity contribution in [3.05, 3.63) is 44.4 Å². The first kappa shape index (κ1) is 14.3. The Balaban J connectivity index is 2.02. The molecule has 19 heavy (non-hydrogen) atoms. The van der Waals surface area contributed by atoms with Crippen LogP contribution in [0.25, 0.3) is 0 Å². The zero-order valence-corrected chi connectivity index (χ0v) is 13.0. The van der Waals surface area contributed by atoms with E-state index in [-0.39, 0.29) is 12.5 Å². The van der Waals surface area contributed by atoms with Crippen molar-refractivity contribution in [2.24, 2.45) is 0 Å². The minimum atomic E-state index is -1.23. The van der Waals surface area contributed by atoms with E-state index < -0.39 is 5.60 Å². The van der Waals surface area contributed by atoms with E-state index in [0.29, 0.717) is 10.6 Å². The standard InChI is InChI=1S/C13H14BrNO3S/c1-8-3-4-10(18-8)13(2,17)7-15-12(16)11-9(14)5-6-19-11/h3-6,17H,7H2,1-2H3,(H,15,16)/t13-/m1/s1. The van der Waals surface area contributed by atoms with Gasteiger partial charge in [-0.3, -0.25) is 4.79 Å². The van der Waals surface area contributed by atoms with Crippen molar-refractivity contribution in [1.82, 2.24) is 5.32 Å². The third-order valence-electron chi connectivity index (χ3n) is 2.69. The molecule has 4 nitrogen and oxygen atoms in total. The largest absolute Gasteiger partial charge is 0.463 e. The molecular formula is C13H14BrNO3S. The number of hydrogen-bond donors (Lipinski definition) is 2. The molecule has 2 rings (SSSR count). The van der Waals surface area contributed by atoms with Crippen LogP contribution in [0.4, 0.5) is 0 Å². The topological polar surface area (TPSA) is 62.5 Å². The minimum Gasteiger partial charge on any atom is -0.463 e. The summed E-state index contributed by atoms with van der Waals surface area (Å²) in [5.41, 5.74) is -1.23. The van der Waals surface area contributed by atoms with E-state index in [4.69, 9.17) is 4.42 Å². The van der Waals surface area contributed by atoms with Gasteiger partial charge in [0.25, 0.3) is 5.91 Å². The number of aryl methyl sites for hydroxylation is 1. The number of halogens is 1. The average molecular weight is 344 g/mol. The molecule has 2 aromatic heterocycles. The Kier molecular flexibility index (Phi) is 4.13. The maximum absolute atomic E-state index is 11.9. The number of carbonyl (C=O) groups is 1. The Morgan fingerprint density at radius 2 is 2.26 bits per heavy atom. The smallest absolute Gasteiger partial charge is 0.262 e. The molecule has 0 radical (unpaired) electrons. The van der Waals surface area contributed by atoms with Gasteiger partial charge in [-0.15, -0.1) is 11.3 Å². The van der Waals surface area contributed by atoms with Crippen LogP contribution >= 0.6 is 27.3 Å². The van der Waals surface area contributed by atoms with Gasteiger partial charge >= 0.3 is 0 Å². The number of nitrogens with one attached hydrogen (secondary N) is 1. The van der Waals surface area contributed by atoms with E-state index in [9.17, 15) is 9.90 Å². The van der Waals surface area contributed by atoms with Crippen molar-refractivity contribution < 1.29 is 14.3 Å². The highest BCUT2D eigenvalue weighted by Gasteiger charge is 2.28. The van der Waals surface area contributed by atoms with Gasteiger partial charge in [0.05, 0.1) is 6.54 Å². The zero-order valence-electron chi connectivity index (χ0n) is 10.6. The molecule has 0 aromatic carbocycles. The SMILES string of the molecule is Cc1ccc([C@](C)(O)CNC(=O)c2sccc2Br)o1. The third-order valence-corrected chi connectivity index (χ3v) is 4.52. The molecule has 0 unspecified atom stereocenters. The van der Waals surface area contributed by atoms with Gasteiger partial charge in [0, 0.05) is 4.47 Å². The fourth-order valence-electron chi connectivity index (χ4n) is 1.60. The summed E-state index contributed by atoms with van der Waals surface area (Å²) >= 11 is 4.65. The number of hydrogen-bond acceptors (Lipinski definition) is 4. The molecule has 1 amide bonds. The van der Waals surface area contributed by atoms with E-state index in [1.54, 1.807) is 26.0 Å². The van der Waals surface area contributed by atoms with Crippen LogP contribution < -0.4 is 5.32 Å². The van der Waals surface area contributed by atoms with Crippen LogP contribution in [0, 0.1) is 6.92 Å². The molecule has 1 atom stereocenters. The van der Waals surface area contributed by atoms with Crippen LogP contribution in [0.3, 0.4) is 0 Å². The van der Waals surface area contributed by atoms with Crippen molar-refractivity contribution in [2.75, 3.05) is 6.54 Å². The van der Waals surface area contributed by atoms with E-state index >= 15 is 0 Å². The van der Waals surface area contributed by atoms with Crippen LogP contribution in [0.5, 0.6) is 0 Å². The lowest BCUT2D eigenvalue weighted by Gasteiger charge is -2.21. The van der Waals surface area contributed by atoms with Crippen LogP contribution in [0.1, 0.15) is 28.1 Å². The number of aliphatic hydroxyl groups is 1. The Morgan fingerprint density at radius 1 is 1.53 bits per heavy atom. The van der Waals surface area contributed by atoms with Crippen molar-refractivity contribution in [2.45, 2.75) is 19.4 Å². The predicted octanol–water partition coefficient (Wildman–Crippen LogP) is 3.05. The van der Waals surface area contributed by atoms with E-state index in [1.165, 1.54) is 11.3 Å². The first-order valence-electron chi connectivity index (χ1n) is 5.70. The van der Waals surface area contributed by atoms with Gasteiger partial charge in [-0.1, -0.05) is 0 Å². The molecular weight excluding hydrogens is 330 g/mol. The Bertz CT molecular complexity index is 588. The second-order valence-corrected chi connectivity index (χ2v) is 6.23. The monoisotopic (exact) mass is 343 g/mol. The summed E-state index contributed by atoms with van der Waals surface area (Å²) in [5.74, 6) is 0.948. The molecule has 0 saturated carbocycles. The lowest BCUT2D eigenvalue weighted by atomic mass is 10.0. The Hall–Kier alpha value is -1.11. The molecule has 0 bridgehead atoms. The number of thiophene rings is 1. The number of rotatable bonds is 4. The van der Waals surface area contributed by atoms with Crippen LogP contribution in [0.2, 0.25) is 0 Å². The fraction of sp³-hybridized carbons (Fsp3) is 0.308.